The summed E-state index contributed by atoms with van der Waals surface area (Å²) in [6.07, 6.45) is 1.76. The third-order valence-electron chi connectivity index (χ3n) is 5.97. The molecule has 1 amide bonds. The average Bonchev–Trinajstić information content (AvgIpc) is 2.81. The van der Waals surface area contributed by atoms with Crippen LogP contribution in [0.1, 0.15) is 56.0 Å². The van der Waals surface area contributed by atoms with Crippen LogP contribution in [0.5, 0.6) is 0 Å². The Morgan fingerprint density at radius 3 is 2.29 bits per heavy atom. The second-order valence-corrected chi connectivity index (χ2v) is 12.4. The third kappa shape index (κ3) is 7.06. The van der Waals surface area contributed by atoms with E-state index in [2.05, 4.69) is 0 Å². The lowest BCUT2D eigenvalue weighted by Crippen LogP contribution is -2.51. The van der Waals surface area contributed by atoms with Crippen LogP contribution in [0.2, 0.25) is 5.02 Å². The molecule has 0 aliphatic carbocycles. The minimum absolute atomic E-state index is 0.0356. The van der Waals surface area contributed by atoms with Crippen molar-refractivity contribution in [2.45, 2.75) is 57.5 Å². The Hall–Kier alpha value is -2.42. The summed E-state index contributed by atoms with van der Waals surface area (Å²) >= 11 is 5.99. The number of carbonyl (C=O) groups is 2. The molecule has 1 unspecified atom stereocenters. The van der Waals surface area contributed by atoms with E-state index in [1.54, 1.807) is 41.3 Å². The van der Waals surface area contributed by atoms with Gasteiger partial charge in [0.1, 0.15) is 0 Å². The zero-order valence-electron chi connectivity index (χ0n) is 20.7. The first kappa shape index (κ1) is 27.2. The monoisotopic (exact) mass is 520 g/mol. The standard InChI is InChI=1S/C26H33ClN2O5S/c1-26(2,3)16-24(30)28-15-5-6-22(18-28)29(35(32,33)23-13-11-21(27)12-14-23)17-19-7-9-20(10-8-19)25(31)34-4/h7-14,22H,5-6,15-18H2,1-4H3. The first-order chi connectivity index (χ1) is 16.4. The molecule has 1 heterocycles. The van der Waals surface area contributed by atoms with Gasteiger partial charge in [0.15, 0.2) is 0 Å². The second kappa shape index (κ2) is 11.1. The molecule has 1 fully saturated rings. The molecular formula is C26H33ClN2O5S. The number of carbonyl (C=O) groups excluding carboxylic acids is 2. The SMILES string of the molecule is COC(=O)c1ccc(CN(C2CCCN(C(=O)CC(C)(C)C)C2)S(=O)(=O)c2ccc(Cl)cc2)cc1. The molecule has 0 N–H and O–H groups in total. The molecule has 1 aliphatic heterocycles. The number of sulfonamides is 1. The number of nitrogens with zero attached hydrogens (tertiary/aromatic N) is 2. The molecule has 7 nitrogen and oxygen atoms in total. The molecule has 35 heavy (non-hydrogen) atoms. The van der Waals surface area contributed by atoms with E-state index in [9.17, 15) is 18.0 Å². The van der Waals surface area contributed by atoms with E-state index in [0.717, 1.165) is 5.56 Å². The largest absolute Gasteiger partial charge is 0.465 e. The van der Waals surface area contributed by atoms with Gasteiger partial charge in [0.2, 0.25) is 15.9 Å². The normalized spacial score (nSPS) is 16.9. The Balaban J connectivity index is 1.92. The van der Waals surface area contributed by atoms with Crippen molar-refractivity contribution in [3.05, 3.63) is 64.7 Å². The van der Waals surface area contributed by atoms with Crippen LogP contribution in [0, 0.1) is 5.41 Å². The fourth-order valence-corrected chi connectivity index (χ4v) is 5.94. The van der Waals surface area contributed by atoms with Gasteiger partial charge in [-0.25, -0.2) is 13.2 Å². The molecule has 0 spiro atoms. The first-order valence-electron chi connectivity index (χ1n) is 11.6. The molecule has 0 bridgehead atoms. The van der Waals surface area contributed by atoms with E-state index >= 15 is 0 Å². The Morgan fingerprint density at radius 2 is 1.71 bits per heavy atom. The maximum atomic E-state index is 13.8. The predicted molar refractivity (Wildman–Crippen MR) is 136 cm³/mol. The number of hydrogen-bond acceptors (Lipinski definition) is 5. The fourth-order valence-electron chi connectivity index (χ4n) is 4.18. The number of ether oxygens (including phenoxy) is 1. The predicted octanol–water partition coefficient (Wildman–Crippen LogP) is 4.74. The van der Waals surface area contributed by atoms with Crippen molar-refractivity contribution in [3.8, 4) is 0 Å². The Kier molecular flexibility index (Phi) is 8.62. The average molecular weight is 521 g/mol. The maximum absolute atomic E-state index is 13.8. The van der Waals surface area contributed by atoms with E-state index in [-0.39, 0.29) is 28.8 Å². The number of halogens is 1. The van der Waals surface area contributed by atoms with E-state index in [1.165, 1.54) is 23.5 Å². The molecule has 1 atom stereocenters. The van der Waals surface area contributed by atoms with Gasteiger partial charge in [0.25, 0.3) is 0 Å². The zero-order chi connectivity index (χ0) is 25.8. The molecular weight excluding hydrogens is 488 g/mol. The highest BCUT2D eigenvalue weighted by Gasteiger charge is 2.36. The summed E-state index contributed by atoms with van der Waals surface area (Å²) in [5, 5.41) is 0.450. The number of benzene rings is 2. The van der Waals surface area contributed by atoms with E-state index in [4.69, 9.17) is 16.3 Å². The molecule has 3 rings (SSSR count). The number of rotatable bonds is 7. The minimum atomic E-state index is -3.89. The quantitative estimate of drug-likeness (QED) is 0.492. The highest BCUT2D eigenvalue weighted by atomic mass is 35.5. The molecule has 2 aromatic carbocycles. The Morgan fingerprint density at radius 1 is 1.09 bits per heavy atom. The lowest BCUT2D eigenvalue weighted by molar-refractivity contribution is -0.134. The summed E-state index contributed by atoms with van der Waals surface area (Å²) in [6.45, 7) is 7.11. The third-order valence-corrected chi connectivity index (χ3v) is 8.14. The lowest BCUT2D eigenvalue weighted by Gasteiger charge is -2.39. The molecule has 9 heteroatoms. The van der Waals surface area contributed by atoms with Crippen molar-refractivity contribution in [1.82, 2.24) is 9.21 Å². The molecule has 0 saturated carbocycles. The summed E-state index contributed by atoms with van der Waals surface area (Å²) in [7, 11) is -2.57. The second-order valence-electron chi connectivity index (χ2n) is 10.1. The van der Waals surface area contributed by atoms with Crippen LogP contribution >= 0.6 is 11.6 Å². The van der Waals surface area contributed by atoms with Crippen LogP contribution in [0.25, 0.3) is 0 Å². The molecule has 2 aromatic rings. The van der Waals surface area contributed by atoms with Crippen LogP contribution in [0.4, 0.5) is 0 Å². The first-order valence-corrected chi connectivity index (χ1v) is 13.4. The zero-order valence-corrected chi connectivity index (χ0v) is 22.2. The van der Waals surface area contributed by atoms with Crippen molar-refractivity contribution in [2.75, 3.05) is 20.2 Å². The van der Waals surface area contributed by atoms with Gasteiger partial charge < -0.3 is 9.64 Å². The van der Waals surface area contributed by atoms with Gasteiger partial charge >= 0.3 is 5.97 Å². The number of likely N-dealkylation sites (tertiary alicyclic amines) is 1. The Labute approximate surface area is 213 Å². The Bertz CT molecular complexity index is 1140. The smallest absolute Gasteiger partial charge is 0.337 e. The van der Waals surface area contributed by atoms with Crippen LogP contribution in [-0.4, -0.2) is 55.7 Å². The number of methoxy groups -OCH3 is 1. The summed E-state index contributed by atoms with van der Waals surface area (Å²) in [5.74, 6) is -0.420. The van der Waals surface area contributed by atoms with Gasteiger partial charge in [0, 0.05) is 37.1 Å². The van der Waals surface area contributed by atoms with Crippen LogP contribution < -0.4 is 0 Å². The van der Waals surface area contributed by atoms with Crippen LogP contribution in [0.3, 0.4) is 0 Å². The number of esters is 1. The summed E-state index contributed by atoms with van der Waals surface area (Å²) in [4.78, 5) is 26.6. The van der Waals surface area contributed by atoms with Gasteiger partial charge in [0.05, 0.1) is 17.6 Å². The molecule has 0 aromatic heterocycles. The van der Waals surface area contributed by atoms with Crippen molar-refractivity contribution in [1.29, 1.82) is 0 Å². The van der Waals surface area contributed by atoms with Crippen molar-refractivity contribution >= 4 is 33.5 Å². The van der Waals surface area contributed by atoms with Gasteiger partial charge in [-0.3, -0.25) is 4.79 Å². The summed E-state index contributed by atoms with van der Waals surface area (Å²) < 4.78 is 33.8. The van der Waals surface area contributed by atoms with Crippen molar-refractivity contribution < 1.29 is 22.7 Å². The highest BCUT2D eigenvalue weighted by molar-refractivity contribution is 7.89. The molecule has 1 saturated heterocycles. The summed E-state index contributed by atoms with van der Waals surface area (Å²) in [5.41, 5.74) is 0.967. The highest BCUT2D eigenvalue weighted by Crippen LogP contribution is 2.28. The van der Waals surface area contributed by atoms with Gasteiger partial charge in [-0.05, 0) is 60.2 Å². The van der Waals surface area contributed by atoms with E-state index in [0.29, 0.717) is 42.9 Å². The van der Waals surface area contributed by atoms with E-state index in [1.807, 2.05) is 20.8 Å². The van der Waals surface area contributed by atoms with Crippen molar-refractivity contribution in [3.63, 3.8) is 0 Å². The van der Waals surface area contributed by atoms with Crippen LogP contribution in [0.15, 0.2) is 53.4 Å². The molecule has 0 radical (unpaired) electrons. The van der Waals surface area contributed by atoms with Gasteiger partial charge in [-0.15, -0.1) is 0 Å². The topological polar surface area (TPSA) is 84.0 Å². The maximum Gasteiger partial charge on any atom is 0.337 e. The summed E-state index contributed by atoms with van der Waals surface area (Å²) in [6, 6.07) is 12.4. The lowest BCUT2D eigenvalue weighted by atomic mass is 9.91. The van der Waals surface area contributed by atoms with E-state index < -0.39 is 16.0 Å². The number of amides is 1. The molecule has 1 aliphatic rings. The molecule has 190 valence electrons. The van der Waals surface area contributed by atoms with Gasteiger partial charge in [-0.2, -0.15) is 4.31 Å². The fraction of sp³-hybridized carbons (Fsp3) is 0.462. The number of hydrogen-bond donors (Lipinski definition) is 0. The number of piperidine rings is 1. The van der Waals surface area contributed by atoms with Crippen LogP contribution in [-0.2, 0) is 26.1 Å². The van der Waals surface area contributed by atoms with Gasteiger partial charge in [-0.1, -0.05) is 44.5 Å². The minimum Gasteiger partial charge on any atom is -0.465 e. The van der Waals surface area contributed by atoms with Crippen molar-refractivity contribution in [2.24, 2.45) is 5.41 Å².